The van der Waals surface area contributed by atoms with Crippen LogP contribution in [-0.4, -0.2) is 56.5 Å². The second kappa shape index (κ2) is 10.0. The molecule has 5 heteroatoms. The predicted octanol–water partition coefficient (Wildman–Crippen LogP) is 2.01. The zero-order valence-corrected chi connectivity index (χ0v) is 12.3. The largest absolute Gasteiger partial charge is 0.380 e. The van der Waals surface area contributed by atoms with Crippen molar-refractivity contribution in [1.29, 1.82) is 0 Å². The van der Waals surface area contributed by atoms with Crippen molar-refractivity contribution in [3.05, 3.63) is 0 Å². The molecular formula is C14H28N2O3. The van der Waals surface area contributed by atoms with E-state index in [1.807, 2.05) is 13.8 Å². The quantitative estimate of drug-likeness (QED) is 0.653. The molecule has 0 radical (unpaired) electrons. The van der Waals surface area contributed by atoms with Gasteiger partial charge in [-0.3, -0.25) is 0 Å². The summed E-state index contributed by atoms with van der Waals surface area (Å²) in [5, 5.41) is 3.11. The monoisotopic (exact) mass is 272 g/mol. The van der Waals surface area contributed by atoms with Gasteiger partial charge in [0.1, 0.15) is 0 Å². The van der Waals surface area contributed by atoms with E-state index in [-0.39, 0.29) is 6.03 Å². The second-order valence-corrected chi connectivity index (χ2v) is 4.81. The average molecular weight is 272 g/mol. The van der Waals surface area contributed by atoms with Crippen molar-refractivity contribution in [3.8, 4) is 0 Å². The van der Waals surface area contributed by atoms with E-state index in [9.17, 15) is 4.79 Å². The molecule has 2 amide bonds. The summed E-state index contributed by atoms with van der Waals surface area (Å²) in [5.74, 6) is 0. The van der Waals surface area contributed by atoms with Crippen molar-refractivity contribution in [3.63, 3.8) is 0 Å². The van der Waals surface area contributed by atoms with Gasteiger partial charge in [-0.05, 0) is 26.7 Å². The van der Waals surface area contributed by atoms with Gasteiger partial charge < -0.3 is 19.7 Å². The van der Waals surface area contributed by atoms with Crippen molar-refractivity contribution in [2.24, 2.45) is 0 Å². The van der Waals surface area contributed by atoms with E-state index < -0.39 is 0 Å². The van der Waals surface area contributed by atoms with Gasteiger partial charge in [-0.1, -0.05) is 12.8 Å². The SMILES string of the molecule is CCOCCN(CCOCC)C(=O)NC1CCCC1. The van der Waals surface area contributed by atoms with Crippen LogP contribution in [0.2, 0.25) is 0 Å². The van der Waals surface area contributed by atoms with Gasteiger partial charge in [-0.25, -0.2) is 4.79 Å². The summed E-state index contributed by atoms with van der Waals surface area (Å²) in [6, 6.07) is 0.375. The molecule has 0 atom stereocenters. The second-order valence-electron chi connectivity index (χ2n) is 4.81. The van der Waals surface area contributed by atoms with Crippen LogP contribution in [0.5, 0.6) is 0 Å². The smallest absolute Gasteiger partial charge is 0.317 e. The third-order valence-electron chi connectivity index (χ3n) is 3.39. The molecule has 0 spiro atoms. The van der Waals surface area contributed by atoms with Gasteiger partial charge in [0, 0.05) is 32.3 Å². The summed E-state index contributed by atoms with van der Waals surface area (Å²) in [5.41, 5.74) is 0. The first-order valence-electron chi connectivity index (χ1n) is 7.48. The summed E-state index contributed by atoms with van der Waals surface area (Å²) >= 11 is 0. The minimum absolute atomic E-state index is 0.0197. The Morgan fingerprint density at radius 1 is 1.11 bits per heavy atom. The van der Waals surface area contributed by atoms with Crippen LogP contribution >= 0.6 is 0 Å². The molecule has 1 fully saturated rings. The average Bonchev–Trinajstić information content (AvgIpc) is 2.90. The fraction of sp³-hybridized carbons (Fsp3) is 0.929. The molecule has 112 valence electrons. The van der Waals surface area contributed by atoms with Crippen LogP contribution in [-0.2, 0) is 9.47 Å². The van der Waals surface area contributed by atoms with Gasteiger partial charge in [0.25, 0.3) is 0 Å². The first-order valence-corrected chi connectivity index (χ1v) is 7.48. The zero-order valence-electron chi connectivity index (χ0n) is 12.3. The molecule has 0 aliphatic heterocycles. The van der Waals surface area contributed by atoms with Crippen LogP contribution in [0.4, 0.5) is 4.79 Å². The maximum Gasteiger partial charge on any atom is 0.317 e. The van der Waals surface area contributed by atoms with Gasteiger partial charge >= 0.3 is 6.03 Å². The number of hydrogen-bond acceptors (Lipinski definition) is 3. The zero-order chi connectivity index (χ0) is 13.9. The highest BCUT2D eigenvalue weighted by Crippen LogP contribution is 2.17. The molecule has 1 N–H and O–H groups in total. The summed E-state index contributed by atoms with van der Waals surface area (Å²) in [6.07, 6.45) is 4.67. The summed E-state index contributed by atoms with van der Waals surface area (Å²) < 4.78 is 10.7. The third kappa shape index (κ3) is 6.78. The Morgan fingerprint density at radius 2 is 1.63 bits per heavy atom. The van der Waals surface area contributed by atoms with Gasteiger partial charge in [-0.15, -0.1) is 0 Å². The Balaban J connectivity index is 2.33. The van der Waals surface area contributed by atoms with Crippen LogP contribution in [0.3, 0.4) is 0 Å². The predicted molar refractivity (Wildman–Crippen MR) is 75.3 cm³/mol. The highest BCUT2D eigenvalue weighted by molar-refractivity contribution is 5.74. The molecule has 0 aromatic rings. The summed E-state index contributed by atoms with van der Waals surface area (Å²) in [4.78, 5) is 14.0. The van der Waals surface area contributed by atoms with E-state index in [4.69, 9.17) is 9.47 Å². The topological polar surface area (TPSA) is 50.8 Å². The number of nitrogens with one attached hydrogen (secondary N) is 1. The first kappa shape index (κ1) is 16.2. The lowest BCUT2D eigenvalue weighted by atomic mass is 10.2. The van der Waals surface area contributed by atoms with Crippen molar-refractivity contribution in [2.75, 3.05) is 39.5 Å². The standard InChI is InChI=1S/C14H28N2O3/c1-3-18-11-9-16(10-12-19-4-2)14(17)15-13-7-5-6-8-13/h13H,3-12H2,1-2H3,(H,15,17). The molecule has 0 aromatic carbocycles. The van der Waals surface area contributed by atoms with Gasteiger partial charge in [0.05, 0.1) is 13.2 Å². The molecule has 0 unspecified atom stereocenters. The fourth-order valence-corrected chi connectivity index (χ4v) is 2.29. The van der Waals surface area contributed by atoms with E-state index in [1.165, 1.54) is 12.8 Å². The number of rotatable bonds is 9. The maximum atomic E-state index is 12.2. The number of amides is 2. The van der Waals surface area contributed by atoms with Crippen LogP contribution in [0, 0.1) is 0 Å². The van der Waals surface area contributed by atoms with Gasteiger partial charge in [-0.2, -0.15) is 0 Å². The molecule has 19 heavy (non-hydrogen) atoms. The molecule has 5 nitrogen and oxygen atoms in total. The van der Waals surface area contributed by atoms with Gasteiger partial charge in [0.15, 0.2) is 0 Å². The molecule has 1 saturated carbocycles. The van der Waals surface area contributed by atoms with Crippen molar-refractivity contribution >= 4 is 6.03 Å². The lowest BCUT2D eigenvalue weighted by Gasteiger charge is -2.25. The number of carbonyl (C=O) groups is 1. The van der Waals surface area contributed by atoms with Crippen molar-refractivity contribution < 1.29 is 14.3 Å². The number of nitrogens with zero attached hydrogens (tertiary/aromatic N) is 1. The number of ether oxygens (including phenoxy) is 2. The molecule has 0 aromatic heterocycles. The van der Waals surface area contributed by atoms with Crippen LogP contribution < -0.4 is 5.32 Å². The molecule has 0 heterocycles. The molecule has 1 rings (SSSR count). The fourth-order valence-electron chi connectivity index (χ4n) is 2.29. The number of urea groups is 1. The highest BCUT2D eigenvalue weighted by atomic mass is 16.5. The van der Waals surface area contributed by atoms with Crippen LogP contribution in [0.25, 0.3) is 0 Å². The van der Waals surface area contributed by atoms with E-state index >= 15 is 0 Å². The van der Waals surface area contributed by atoms with E-state index in [2.05, 4.69) is 5.32 Å². The minimum atomic E-state index is 0.0197. The van der Waals surface area contributed by atoms with Crippen LogP contribution in [0.1, 0.15) is 39.5 Å². The Hall–Kier alpha value is -0.810. The summed E-state index contributed by atoms with van der Waals surface area (Å²) in [6.45, 7) is 7.71. The lowest BCUT2D eigenvalue weighted by molar-refractivity contribution is 0.0917. The number of hydrogen-bond donors (Lipinski definition) is 1. The van der Waals surface area contributed by atoms with Crippen molar-refractivity contribution in [2.45, 2.75) is 45.6 Å². The molecule has 1 aliphatic rings. The Labute approximate surface area is 116 Å². The van der Waals surface area contributed by atoms with Crippen LogP contribution in [0.15, 0.2) is 0 Å². The Bertz CT molecular complexity index is 233. The molecule has 0 saturated heterocycles. The van der Waals surface area contributed by atoms with Crippen molar-refractivity contribution in [1.82, 2.24) is 10.2 Å². The molecular weight excluding hydrogens is 244 g/mol. The van der Waals surface area contributed by atoms with E-state index in [0.717, 1.165) is 12.8 Å². The first-order chi connectivity index (χ1) is 9.27. The Kier molecular flexibility index (Phi) is 8.58. The minimum Gasteiger partial charge on any atom is -0.380 e. The van der Waals surface area contributed by atoms with E-state index in [1.54, 1.807) is 4.90 Å². The Morgan fingerprint density at radius 3 is 2.11 bits per heavy atom. The van der Waals surface area contributed by atoms with E-state index in [0.29, 0.717) is 45.6 Å². The normalized spacial score (nSPS) is 15.7. The maximum absolute atomic E-state index is 12.2. The molecule has 0 bridgehead atoms. The summed E-state index contributed by atoms with van der Waals surface area (Å²) in [7, 11) is 0. The van der Waals surface area contributed by atoms with Gasteiger partial charge in [0.2, 0.25) is 0 Å². The lowest BCUT2D eigenvalue weighted by Crippen LogP contribution is -2.46. The molecule has 1 aliphatic carbocycles. The third-order valence-corrected chi connectivity index (χ3v) is 3.39. The highest BCUT2D eigenvalue weighted by Gasteiger charge is 2.20. The number of carbonyl (C=O) groups excluding carboxylic acids is 1.